The van der Waals surface area contributed by atoms with Crippen molar-refractivity contribution in [1.29, 1.82) is 0 Å². The highest BCUT2D eigenvalue weighted by Crippen LogP contribution is 2.22. The van der Waals surface area contributed by atoms with Crippen LogP contribution in [0.25, 0.3) is 0 Å². The molecule has 0 spiro atoms. The average Bonchev–Trinajstić information content (AvgIpc) is 2.49. The highest BCUT2D eigenvalue weighted by Gasteiger charge is 2.21. The number of hydrogen-bond donors (Lipinski definition) is 0. The Kier molecular flexibility index (Phi) is 4.81. The van der Waals surface area contributed by atoms with Gasteiger partial charge in [-0.1, -0.05) is 17.7 Å². The Bertz CT molecular complexity index is 426. The van der Waals surface area contributed by atoms with Crippen molar-refractivity contribution < 1.29 is 4.74 Å². The van der Waals surface area contributed by atoms with Crippen molar-refractivity contribution in [2.75, 3.05) is 50.8 Å². The lowest BCUT2D eigenvalue weighted by atomic mass is 10.0. The van der Waals surface area contributed by atoms with Gasteiger partial charge in [-0.3, -0.25) is 4.90 Å². The summed E-state index contributed by atoms with van der Waals surface area (Å²) in [5, 5.41) is 0.823. The van der Waals surface area contributed by atoms with Crippen molar-refractivity contribution in [3.05, 3.63) is 29.3 Å². The van der Waals surface area contributed by atoms with Gasteiger partial charge in [0.1, 0.15) is 0 Å². The second kappa shape index (κ2) is 6.79. The van der Waals surface area contributed by atoms with Crippen molar-refractivity contribution in [3.8, 4) is 0 Å². The van der Waals surface area contributed by atoms with Crippen LogP contribution in [-0.4, -0.2) is 50.8 Å². The minimum absolute atomic E-state index is 0.737. The van der Waals surface area contributed by atoms with Crippen LogP contribution in [0.4, 0.5) is 5.69 Å². The second-order valence-corrected chi connectivity index (χ2v) is 6.29. The predicted molar refractivity (Wildman–Crippen MR) is 83.6 cm³/mol. The first kappa shape index (κ1) is 14.2. The molecule has 110 valence electrons. The minimum Gasteiger partial charge on any atom is -0.381 e. The van der Waals surface area contributed by atoms with Crippen LogP contribution in [0, 0.1) is 5.92 Å². The summed E-state index contributed by atoms with van der Waals surface area (Å²) in [4.78, 5) is 5.01. The molecule has 0 radical (unpaired) electrons. The van der Waals surface area contributed by atoms with E-state index >= 15 is 0 Å². The average molecular weight is 295 g/mol. The summed E-state index contributed by atoms with van der Waals surface area (Å²) in [5.41, 5.74) is 1.25. The maximum absolute atomic E-state index is 6.07. The van der Waals surface area contributed by atoms with E-state index in [0.29, 0.717) is 0 Å². The molecule has 4 heteroatoms. The van der Waals surface area contributed by atoms with Crippen LogP contribution in [0.1, 0.15) is 12.8 Å². The SMILES string of the molecule is Clc1cccc(N2CCN(CC3CCCOC3)CC2)c1. The number of piperazine rings is 1. The highest BCUT2D eigenvalue weighted by atomic mass is 35.5. The lowest BCUT2D eigenvalue weighted by Gasteiger charge is -2.38. The maximum atomic E-state index is 6.07. The molecule has 20 heavy (non-hydrogen) atoms. The standard InChI is InChI=1S/C16H23ClN2O/c17-15-4-1-5-16(11-15)19-8-6-18(7-9-19)12-14-3-2-10-20-13-14/h1,4-5,11,14H,2-3,6-10,12-13H2. The fraction of sp³-hybridized carbons (Fsp3) is 0.625. The third-order valence-corrected chi connectivity index (χ3v) is 4.55. The van der Waals surface area contributed by atoms with Gasteiger partial charge in [-0.05, 0) is 37.0 Å². The third-order valence-electron chi connectivity index (χ3n) is 4.32. The molecule has 1 unspecified atom stereocenters. The van der Waals surface area contributed by atoms with Crippen LogP contribution in [0.2, 0.25) is 5.02 Å². The summed E-state index contributed by atoms with van der Waals surface area (Å²) in [7, 11) is 0. The summed E-state index contributed by atoms with van der Waals surface area (Å²) in [6.45, 7) is 7.57. The van der Waals surface area contributed by atoms with Gasteiger partial charge in [0.2, 0.25) is 0 Å². The quantitative estimate of drug-likeness (QED) is 0.852. The monoisotopic (exact) mass is 294 g/mol. The summed E-state index contributed by atoms with van der Waals surface area (Å²) in [6, 6.07) is 8.18. The van der Waals surface area contributed by atoms with Crippen LogP contribution in [0.3, 0.4) is 0 Å². The molecular formula is C16H23ClN2O. The number of rotatable bonds is 3. The summed E-state index contributed by atoms with van der Waals surface area (Å²) < 4.78 is 5.58. The highest BCUT2D eigenvalue weighted by molar-refractivity contribution is 6.30. The lowest BCUT2D eigenvalue weighted by molar-refractivity contribution is 0.0377. The van der Waals surface area contributed by atoms with Gasteiger partial charge in [0.25, 0.3) is 0 Å². The number of anilines is 1. The Morgan fingerprint density at radius 3 is 2.75 bits per heavy atom. The number of hydrogen-bond acceptors (Lipinski definition) is 3. The van der Waals surface area contributed by atoms with Crippen molar-refractivity contribution in [3.63, 3.8) is 0 Å². The molecular weight excluding hydrogens is 272 g/mol. The van der Waals surface area contributed by atoms with Gasteiger partial charge < -0.3 is 9.64 Å². The minimum atomic E-state index is 0.737. The van der Waals surface area contributed by atoms with E-state index in [9.17, 15) is 0 Å². The maximum Gasteiger partial charge on any atom is 0.0506 e. The van der Waals surface area contributed by atoms with Crippen LogP contribution >= 0.6 is 11.6 Å². The molecule has 0 N–H and O–H groups in total. The van der Waals surface area contributed by atoms with E-state index in [1.165, 1.54) is 25.1 Å². The Balaban J connectivity index is 1.49. The van der Waals surface area contributed by atoms with E-state index < -0.39 is 0 Å². The van der Waals surface area contributed by atoms with E-state index in [1.54, 1.807) is 0 Å². The van der Waals surface area contributed by atoms with Crippen molar-refractivity contribution in [2.45, 2.75) is 12.8 Å². The summed E-state index contributed by atoms with van der Waals surface area (Å²) >= 11 is 6.07. The fourth-order valence-corrected chi connectivity index (χ4v) is 3.36. The molecule has 1 aromatic carbocycles. The molecule has 2 fully saturated rings. The second-order valence-electron chi connectivity index (χ2n) is 5.85. The molecule has 2 saturated heterocycles. The van der Waals surface area contributed by atoms with Gasteiger partial charge in [0.15, 0.2) is 0 Å². The van der Waals surface area contributed by atoms with E-state index in [0.717, 1.165) is 50.3 Å². The fourth-order valence-electron chi connectivity index (χ4n) is 3.18. The van der Waals surface area contributed by atoms with Crippen LogP contribution in [-0.2, 0) is 4.74 Å². The molecule has 0 saturated carbocycles. The Hall–Kier alpha value is -0.770. The zero-order chi connectivity index (χ0) is 13.8. The van der Waals surface area contributed by atoms with Gasteiger partial charge >= 0.3 is 0 Å². The molecule has 0 bridgehead atoms. The summed E-state index contributed by atoms with van der Waals surface area (Å²) in [6.07, 6.45) is 2.56. The van der Waals surface area contributed by atoms with E-state index in [1.807, 2.05) is 12.1 Å². The molecule has 2 aliphatic rings. The smallest absolute Gasteiger partial charge is 0.0506 e. The molecule has 3 rings (SSSR count). The van der Waals surface area contributed by atoms with Gasteiger partial charge in [-0.2, -0.15) is 0 Å². The van der Waals surface area contributed by atoms with Gasteiger partial charge in [0.05, 0.1) is 6.61 Å². The van der Waals surface area contributed by atoms with Gasteiger partial charge in [0, 0.05) is 50.0 Å². The lowest BCUT2D eigenvalue weighted by Crippen LogP contribution is -2.48. The Morgan fingerprint density at radius 2 is 2.05 bits per heavy atom. The molecule has 1 atom stereocenters. The number of ether oxygens (including phenoxy) is 1. The molecule has 0 aromatic heterocycles. The molecule has 2 aliphatic heterocycles. The van der Waals surface area contributed by atoms with E-state index in [-0.39, 0.29) is 0 Å². The first-order chi connectivity index (χ1) is 9.81. The zero-order valence-corrected chi connectivity index (χ0v) is 12.7. The molecule has 1 aromatic rings. The topological polar surface area (TPSA) is 15.7 Å². The summed E-state index contributed by atoms with van der Waals surface area (Å²) in [5.74, 6) is 0.737. The van der Waals surface area contributed by atoms with E-state index in [2.05, 4.69) is 21.9 Å². The number of benzene rings is 1. The first-order valence-electron chi connectivity index (χ1n) is 7.62. The normalized spacial score (nSPS) is 24.9. The Labute approximate surface area is 126 Å². The van der Waals surface area contributed by atoms with Crippen molar-refractivity contribution in [2.24, 2.45) is 5.92 Å². The molecule has 3 nitrogen and oxygen atoms in total. The molecule has 2 heterocycles. The zero-order valence-electron chi connectivity index (χ0n) is 11.9. The first-order valence-corrected chi connectivity index (χ1v) is 8.00. The largest absolute Gasteiger partial charge is 0.381 e. The van der Waals surface area contributed by atoms with Crippen LogP contribution < -0.4 is 4.90 Å². The number of nitrogens with zero attached hydrogens (tertiary/aromatic N) is 2. The van der Waals surface area contributed by atoms with Crippen molar-refractivity contribution >= 4 is 17.3 Å². The van der Waals surface area contributed by atoms with E-state index in [4.69, 9.17) is 16.3 Å². The van der Waals surface area contributed by atoms with Gasteiger partial charge in [-0.25, -0.2) is 0 Å². The van der Waals surface area contributed by atoms with Gasteiger partial charge in [-0.15, -0.1) is 0 Å². The predicted octanol–water partition coefficient (Wildman–Crippen LogP) is 2.89. The number of halogens is 1. The molecule has 0 amide bonds. The molecule has 0 aliphatic carbocycles. The third kappa shape index (κ3) is 3.66. The van der Waals surface area contributed by atoms with Crippen LogP contribution in [0.15, 0.2) is 24.3 Å². The van der Waals surface area contributed by atoms with Crippen molar-refractivity contribution in [1.82, 2.24) is 4.90 Å². The van der Waals surface area contributed by atoms with Crippen LogP contribution in [0.5, 0.6) is 0 Å². The Morgan fingerprint density at radius 1 is 1.20 bits per heavy atom.